The average molecular weight is 476 g/mol. The summed E-state index contributed by atoms with van der Waals surface area (Å²) in [6.07, 6.45) is 3.99. The van der Waals surface area contributed by atoms with Gasteiger partial charge in [-0.1, -0.05) is 24.3 Å². The molecule has 4 aliphatic rings. The van der Waals surface area contributed by atoms with Crippen LogP contribution in [-0.2, 0) is 16.6 Å². The molecule has 184 valence electrons. The third-order valence-corrected chi connectivity index (χ3v) is 9.07. The first-order valence-corrected chi connectivity index (χ1v) is 12.6. The summed E-state index contributed by atoms with van der Waals surface area (Å²) in [5, 5.41) is 26.4. The number of carbonyl (C=O) groups excluding carboxylic acids is 1. The molecule has 0 aromatic heterocycles. The molecule has 2 heterocycles. The number of aromatic hydroxyl groups is 1. The van der Waals surface area contributed by atoms with E-state index in [2.05, 4.69) is 16.8 Å². The number of hydrogen-bond acceptors (Lipinski definition) is 6. The van der Waals surface area contributed by atoms with Crippen LogP contribution in [0.25, 0.3) is 0 Å². The fourth-order valence-electron chi connectivity index (χ4n) is 7.45. The number of nitrogens with two attached hydrogens (primary N) is 1. The summed E-state index contributed by atoms with van der Waals surface area (Å²) < 4.78 is 6.50. The molecule has 2 aromatic carbocycles. The van der Waals surface area contributed by atoms with Gasteiger partial charge in [-0.05, 0) is 68.5 Å². The van der Waals surface area contributed by atoms with Crippen LogP contribution in [0.1, 0.15) is 48.8 Å². The minimum atomic E-state index is -1.01. The maximum absolute atomic E-state index is 13.4. The quantitative estimate of drug-likeness (QED) is 0.391. The Morgan fingerprint density at radius 3 is 2.97 bits per heavy atom. The molecule has 7 heteroatoms. The van der Waals surface area contributed by atoms with Gasteiger partial charge in [0.15, 0.2) is 11.5 Å². The molecule has 6 atom stereocenters. The Labute approximate surface area is 205 Å². The molecule has 2 aromatic rings. The summed E-state index contributed by atoms with van der Waals surface area (Å²) in [6, 6.07) is 10.7. The lowest BCUT2D eigenvalue weighted by Gasteiger charge is -2.64. The van der Waals surface area contributed by atoms with Crippen molar-refractivity contribution in [1.29, 1.82) is 0 Å². The first-order valence-electron chi connectivity index (χ1n) is 12.6. The molecule has 2 aliphatic heterocycles. The number of nitrogens with zero attached hydrogens (tertiary/aromatic N) is 1. The van der Waals surface area contributed by atoms with Crippen LogP contribution < -0.4 is 15.8 Å². The lowest BCUT2D eigenvalue weighted by molar-refractivity contribution is -0.190. The Kier molecular flexibility index (Phi) is 4.96. The number of phenols is 1. The van der Waals surface area contributed by atoms with Gasteiger partial charge < -0.3 is 26.0 Å². The lowest BCUT2D eigenvalue weighted by atomic mass is 9.48. The Morgan fingerprint density at radius 2 is 2.20 bits per heavy atom. The molecule has 6 rings (SSSR count). The monoisotopic (exact) mass is 475 g/mol. The minimum absolute atomic E-state index is 0.0637. The fraction of sp³-hybridized carbons (Fsp3) is 0.464. The summed E-state index contributed by atoms with van der Waals surface area (Å²) in [7, 11) is 0. The summed E-state index contributed by atoms with van der Waals surface area (Å²) in [4.78, 5) is 15.7. The van der Waals surface area contributed by atoms with Crippen LogP contribution in [0, 0.1) is 0 Å². The summed E-state index contributed by atoms with van der Waals surface area (Å²) in [5.41, 5.74) is 7.80. The number of likely N-dealkylation sites (tertiary alicyclic amines) is 1. The van der Waals surface area contributed by atoms with Crippen molar-refractivity contribution >= 4 is 11.6 Å². The SMILES string of the molecule is C=CCN1CC[C@]23c4c5ccc(O)c4OC2C(NC(=O)C(C)c2cccc(N)c2)CC[C@@]3(O)[C@H]1C5. The van der Waals surface area contributed by atoms with Gasteiger partial charge in [0, 0.05) is 23.8 Å². The highest BCUT2D eigenvalue weighted by Gasteiger charge is 2.73. The van der Waals surface area contributed by atoms with Gasteiger partial charge in [0.05, 0.1) is 23.0 Å². The van der Waals surface area contributed by atoms with Crippen molar-refractivity contribution in [1.82, 2.24) is 10.2 Å². The van der Waals surface area contributed by atoms with E-state index >= 15 is 0 Å². The number of aliphatic hydroxyl groups is 1. The van der Waals surface area contributed by atoms with Crippen molar-refractivity contribution in [3.8, 4) is 11.5 Å². The molecule has 35 heavy (non-hydrogen) atoms. The molecular formula is C28H33N3O4. The number of carbonyl (C=O) groups is 1. The van der Waals surface area contributed by atoms with Crippen LogP contribution in [0.3, 0.4) is 0 Å². The first-order chi connectivity index (χ1) is 16.8. The van der Waals surface area contributed by atoms with Crippen LogP contribution in [0.4, 0.5) is 5.69 Å². The molecule has 5 N–H and O–H groups in total. The third-order valence-electron chi connectivity index (χ3n) is 9.07. The third kappa shape index (κ3) is 2.94. The van der Waals surface area contributed by atoms with E-state index in [0.717, 1.165) is 23.2 Å². The van der Waals surface area contributed by atoms with Crippen molar-refractivity contribution in [2.45, 2.75) is 67.7 Å². The minimum Gasteiger partial charge on any atom is -0.504 e. The van der Waals surface area contributed by atoms with E-state index < -0.39 is 17.1 Å². The predicted molar refractivity (Wildman–Crippen MR) is 133 cm³/mol. The molecule has 3 unspecified atom stereocenters. The lowest BCUT2D eigenvalue weighted by Crippen LogP contribution is -2.78. The highest BCUT2D eigenvalue weighted by molar-refractivity contribution is 5.84. The van der Waals surface area contributed by atoms with E-state index in [1.54, 1.807) is 12.1 Å². The summed E-state index contributed by atoms with van der Waals surface area (Å²) in [5.74, 6) is 0.104. The number of amides is 1. The summed E-state index contributed by atoms with van der Waals surface area (Å²) in [6.45, 7) is 7.31. The van der Waals surface area contributed by atoms with Crippen molar-refractivity contribution in [2.75, 3.05) is 18.8 Å². The van der Waals surface area contributed by atoms with E-state index in [-0.39, 0.29) is 29.7 Å². The average Bonchev–Trinajstić information content (AvgIpc) is 3.19. The molecule has 1 saturated heterocycles. The number of nitrogens with one attached hydrogen (secondary N) is 1. The van der Waals surface area contributed by atoms with Gasteiger partial charge in [-0.3, -0.25) is 9.69 Å². The van der Waals surface area contributed by atoms with E-state index in [1.165, 1.54) is 0 Å². The highest BCUT2D eigenvalue weighted by Crippen LogP contribution is 2.65. The molecule has 2 aliphatic carbocycles. The Bertz CT molecular complexity index is 1210. The number of nitrogen functional groups attached to an aromatic ring is 1. The van der Waals surface area contributed by atoms with E-state index in [0.29, 0.717) is 43.7 Å². The zero-order valence-electron chi connectivity index (χ0n) is 20.0. The number of hydrogen-bond donors (Lipinski definition) is 4. The fourth-order valence-corrected chi connectivity index (χ4v) is 7.45. The van der Waals surface area contributed by atoms with E-state index in [9.17, 15) is 15.0 Å². The molecule has 0 radical (unpaired) electrons. The number of phenolic OH excluding ortho intramolecular Hbond substituents is 1. The number of rotatable bonds is 5. The highest BCUT2D eigenvalue weighted by atomic mass is 16.5. The molecular weight excluding hydrogens is 442 g/mol. The Balaban J connectivity index is 1.38. The molecule has 1 saturated carbocycles. The number of benzene rings is 2. The van der Waals surface area contributed by atoms with Crippen molar-refractivity contribution in [2.24, 2.45) is 0 Å². The van der Waals surface area contributed by atoms with Gasteiger partial charge in [0.25, 0.3) is 0 Å². The zero-order chi connectivity index (χ0) is 24.5. The smallest absolute Gasteiger partial charge is 0.227 e. The van der Waals surface area contributed by atoms with Crippen molar-refractivity contribution < 1.29 is 19.7 Å². The second kappa shape index (κ2) is 7.73. The van der Waals surface area contributed by atoms with Crippen LogP contribution in [0.15, 0.2) is 49.1 Å². The normalized spacial score (nSPS) is 33.4. The van der Waals surface area contributed by atoms with Crippen LogP contribution in [0.2, 0.25) is 0 Å². The first kappa shape index (κ1) is 22.4. The maximum Gasteiger partial charge on any atom is 0.227 e. The van der Waals surface area contributed by atoms with Gasteiger partial charge in [-0.25, -0.2) is 0 Å². The van der Waals surface area contributed by atoms with Gasteiger partial charge in [-0.15, -0.1) is 6.58 Å². The van der Waals surface area contributed by atoms with Crippen LogP contribution in [0.5, 0.6) is 11.5 Å². The molecule has 2 bridgehead atoms. The Morgan fingerprint density at radius 1 is 1.37 bits per heavy atom. The number of ether oxygens (including phenoxy) is 1. The van der Waals surface area contributed by atoms with E-state index in [4.69, 9.17) is 10.5 Å². The maximum atomic E-state index is 13.4. The topological polar surface area (TPSA) is 108 Å². The van der Waals surface area contributed by atoms with Crippen LogP contribution >= 0.6 is 0 Å². The standard InChI is InChI=1S/C28H33N3O4/c1-3-12-31-13-11-27-23-18-7-8-21(32)24(23)35-25(27)20(9-10-28(27,34)22(31)15-18)30-26(33)16(2)17-5-4-6-19(29)14-17/h3-8,14,16,20,22,25,32,34H,1,9-13,15,29H2,2H3,(H,30,33)/t16?,20?,22-,25?,27+,28-/m1/s1. The summed E-state index contributed by atoms with van der Waals surface area (Å²) >= 11 is 0. The second-order valence-corrected chi connectivity index (χ2v) is 10.7. The van der Waals surface area contributed by atoms with Gasteiger partial charge in [0.1, 0.15) is 6.10 Å². The van der Waals surface area contributed by atoms with Gasteiger partial charge in [0.2, 0.25) is 5.91 Å². The van der Waals surface area contributed by atoms with Crippen molar-refractivity contribution in [3.05, 3.63) is 65.7 Å². The Hall–Kier alpha value is -3.03. The van der Waals surface area contributed by atoms with Gasteiger partial charge >= 0.3 is 0 Å². The van der Waals surface area contributed by atoms with Crippen molar-refractivity contribution in [3.63, 3.8) is 0 Å². The number of piperidine rings is 1. The molecule has 7 nitrogen and oxygen atoms in total. The van der Waals surface area contributed by atoms with Crippen LogP contribution in [-0.4, -0.2) is 57.9 Å². The predicted octanol–water partition coefficient (Wildman–Crippen LogP) is 2.60. The van der Waals surface area contributed by atoms with E-state index in [1.807, 2.05) is 37.3 Å². The number of anilines is 1. The molecule has 1 spiro atoms. The molecule has 2 fully saturated rings. The van der Waals surface area contributed by atoms with Gasteiger partial charge in [-0.2, -0.15) is 0 Å². The largest absolute Gasteiger partial charge is 0.504 e. The zero-order valence-corrected chi connectivity index (χ0v) is 20.0. The molecule has 1 amide bonds. The second-order valence-electron chi connectivity index (χ2n) is 10.7.